The van der Waals surface area contributed by atoms with E-state index in [1.165, 1.54) is 0 Å². The predicted molar refractivity (Wildman–Crippen MR) is 108 cm³/mol. The third-order valence-corrected chi connectivity index (χ3v) is 4.49. The molecule has 0 spiro atoms. The van der Waals surface area contributed by atoms with E-state index >= 15 is 0 Å². The quantitative estimate of drug-likeness (QED) is 0.509. The Kier molecular flexibility index (Phi) is 10.7. The van der Waals surface area contributed by atoms with Crippen LogP contribution in [0.15, 0.2) is 28.7 Å². The van der Waals surface area contributed by atoms with Gasteiger partial charge >= 0.3 is 6.09 Å². The summed E-state index contributed by atoms with van der Waals surface area (Å²) in [7, 11) is 0. The van der Waals surface area contributed by atoms with Crippen LogP contribution in [0.4, 0.5) is 4.79 Å². The van der Waals surface area contributed by atoms with Crippen LogP contribution in [0.5, 0.6) is 0 Å². The van der Waals surface area contributed by atoms with Gasteiger partial charge in [-0.15, -0.1) is 0 Å². The monoisotopic (exact) mass is 440 g/mol. The Hall–Kier alpha value is -1.89. The average molecular weight is 441 g/mol. The third kappa shape index (κ3) is 9.56. The number of alkyl carbamates (subject to hydrolysis) is 1. The minimum absolute atomic E-state index is 0.114. The SMILES string of the molecule is CCCC[C@@H](C=O)NC(=O)[C@H](CC(C)C)NC(=O)OCc1ccc(Br)cc1. The van der Waals surface area contributed by atoms with Gasteiger partial charge in [-0.25, -0.2) is 4.79 Å². The zero-order chi connectivity index (χ0) is 20.2. The molecule has 1 rings (SSSR count). The van der Waals surface area contributed by atoms with Gasteiger partial charge < -0.3 is 20.2 Å². The molecule has 0 saturated carbocycles. The first kappa shape index (κ1) is 23.1. The van der Waals surface area contributed by atoms with Crippen molar-refractivity contribution in [1.29, 1.82) is 0 Å². The molecule has 0 aliphatic heterocycles. The lowest BCUT2D eigenvalue weighted by atomic mass is 10.0. The van der Waals surface area contributed by atoms with E-state index in [2.05, 4.69) is 26.6 Å². The Balaban J connectivity index is 2.60. The number of amides is 2. The van der Waals surface area contributed by atoms with Gasteiger partial charge in [-0.05, 0) is 36.5 Å². The highest BCUT2D eigenvalue weighted by atomic mass is 79.9. The second-order valence-corrected chi connectivity index (χ2v) is 7.84. The first-order valence-electron chi connectivity index (χ1n) is 9.29. The van der Waals surface area contributed by atoms with Crippen LogP contribution in [0.1, 0.15) is 52.0 Å². The number of hydrogen-bond acceptors (Lipinski definition) is 4. The molecule has 7 heteroatoms. The van der Waals surface area contributed by atoms with Gasteiger partial charge in [0.15, 0.2) is 0 Å². The second kappa shape index (κ2) is 12.5. The number of ether oxygens (including phenoxy) is 1. The summed E-state index contributed by atoms with van der Waals surface area (Å²) in [5, 5.41) is 5.33. The lowest BCUT2D eigenvalue weighted by molar-refractivity contribution is -0.126. The minimum atomic E-state index is -0.744. The zero-order valence-corrected chi connectivity index (χ0v) is 17.8. The number of carbonyl (C=O) groups is 3. The molecule has 2 amide bonds. The summed E-state index contributed by atoms with van der Waals surface area (Å²) >= 11 is 3.35. The second-order valence-electron chi connectivity index (χ2n) is 6.92. The number of unbranched alkanes of at least 4 members (excludes halogenated alkanes) is 1. The van der Waals surface area contributed by atoms with Gasteiger partial charge in [0.2, 0.25) is 5.91 Å². The first-order chi connectivity index (χ1) is 12.8. The van der Waals surface area contributed by atoms with Crippen LogP contribution in [-0.4, -0.2) is 30.4 Å². The minimum Gasteiger partial charge on any atom is -0.445 e. The molecule has 0 radical (unpaired) electrons. The number of hydrogen-bond donors (Lipinski definition) is 2. The Morgan fingerprint density at radius 3 is 2.41 bits per heavy atom. The molecule has 2 N–H and O–H groups in total. The third-order valence-electron chi connectivity index (χ3n) is 3.96. The van der Waals surface area contributed by atoms with Crippen LogP contribution >= 0.6 is 15.9 Å². The normalized spacial score (nSPS) is 12.9. The highest BCUT2D eigenvalue weighted by Gasteiger charge is 2.24. The molecule has 0 saturated heterocycles. The summed E-state index contributed by atoms with van der Waals surface area (Å²) in [6, 6.07) is 6.14. The smallest absolute Gasteiger partial charge is 0.408 e. The fourth-order valence-electron chi connectivity index (χ4n) is 2.50. The lowest BCUT2D eigenvalue weighted by Gasteiger charge is -2.22. The van der Waals surface area contributed by atoms with Crippen molar-refractivity contribution in [2.75, 3.05) is 0 Å². The molecule has 2 atom stereocenters. The van der Waals surface area contributed by atoms with E-state index in [-0.39, 0.29) is 18.4 Å². The van der Waals surface area contributed by atoms with Crippen LogP contribution in [0.25, 0.3) is 0 Å². The van der Waals surface area contributed by atoms with Crippen molar-refractivity contribution in [2.24, 2.45) is 5.92 Å². The van der Waals surface area contributed by atoms with E-state index in [9.17, 15) is 14.4 Å². The molecule has 0 bridgehead atoms. The molecule has 0 unspecified atom stereocenters. The van der Waals surface area contributed by atoms with Crippen molar-refractivity contribution in [3.05, 3.63) is 34.3 Å². The maximum Gasteiger partial charge on any atom is 0.408 e. The number of benzene rings is 1. The first-order valence-corrected chi connectivity index (χ1v) is 10.1. The van der Waals surface area contributed by atoms with Gasteiger partial charge in [0.25, 0.3) is 0 Å². The van der Waals surface area contributed by atoms with Gasteiger partial charge in [-0.2, -0.15) is 0 Å². The summed E-state index contributed by atoms with van der Waals surface area (Å²) < 4.78 is 6.15. The average Bonchev–Trinajstić information content (AvgIpc) is 2.63. The number of rotatable bonds is 11. The highest BCUT2D eigenvalue weighted by Crippen LogP contribution is 2.12. The van der Waals surface area contributed by atoms with Crippen molar-refractivity contribution < 1.29 is 19.1 Å². The van der Waals surface area contributed by atoms with Gasteiger partial charge in [-0.1, -0.05) is 61.7 Å². The van der Waals surface area contributed by atoms with Crippen molar-refractivity contribution in [3.8, 4) is 0 Å². The Bertz CT molecular complexity index is 605. The molecule has 0 aliphatic rings. The van der Waals surface area contributed by atoms with Crippen molar-refractivity contribution >= 4 is 34.2 Å². The fraction of sp³-hybridized carbons (Fsp3) is 0.550. The van der Waals surface area contributed by atoms with E-state index in [1.54, 1.807) is 0 Å². The van der Waals surface area contributed by atoms with Crippen LogP contribution < -0.4 is 10.6 Å². The van der Waals surface area contributed by atoms with E-state index in [0.29, 0.717) is 12.8 Å². The van der Waals surface area contributed by atoms with Gasteiger partial charge in [0, 0.05) is 4.47 Å². The van der Waals surface area contributed by atoms with Crippen LogP contribution in [0.2, 0.25) is 0 Å². The van der Waals surface area contributed by atoms with Crippen molar-refractivity contribution in [1.82, 2.24) is 10.6 Å². The van der Waals surface area contributed by atoms with Gasteiger partial charge in [0.05, 0.1) is 6.04 Å². The van der Waals surface area contributed by atoms with Crippen LogP contribution in [0.3, 0.4) is 0 Å². The van der Waals surface area contributed by atoms with E-state index in [4.69, 9.17) is 4.74 Å². The maximum absolute atomic E-state index is 12.5. The molecule has 0 fully saturated rings. The number of aldehydes is 1. The topological polar surface area (TPSA) is 84.5 Å². The fourth-order valence-corrected chi connectivity index (χ4v) is 2.76. The standard InChI is InChI=1S/C20H29BrN2O4/c1-4-5-6-17(12-24)22-19(25)18(11-14(2)3)23-20(26)27-13-15-7-9-16(21)10-8-15/h7-10,12,14,17-18H,4-6,11,13H2,1-3H3,(H,22,25)(H,23,26)/t17-,18-/m0/s1. The number of nitrogens with one attached hydrogen (secondary N) is 2. The summed E-state index contributed by atoms with van der Waals surface area (Å²) in [4.78, 5) is 35.8. The molecule has 0 aromatic heterocycles. The Labute approximate surface area is 169 Å². The predicted octanol–water partition coefficient (Wildman–Crippen LogP) is 3.96. The van der Waals surface area contributed by atoms with E-state index in [1.807, 2.05) is 45.0 Å². The molecule has 1 aromatic rings. The van der Waals surface area contributed by atoms with E-state index < -0.39 is 18.2 Å². The van der Waals surface area contributed by atoms with E-state index in [0.717, 1.165) is 29.2 Å². The molecular weight excluding hydrogens is 412 g/mol. The largest absolute Gasteiger partial charge is 0.445 e. The summed E-state index contributed by atoms with van der Waals surface area (Å²) in [6.07, 6.45) is 2.92. The molecular formula is C20H29BrN2O4. The van der Waals surface area contributed by atoms with Crippen molar-refractivity contribution in [2.45, 2.75) is 65.1 Å². The maximum atomic E-state index is 12.5. The van der Waals surface area contributed by atoms with Gasteiger partial charge in [0.1, 0.15) is 18.9 Å². The molecule has 6 nitrogen and oxygen atoms in total. The Morgan fingerprint density at radius 2 is 1.85 bits per heavy atom. The Morgan fingerprint density at radius 1 is 1.19 bits per heavy atom. The summed E-state index contributed by atoms with van der Waals surface area (Å²) in [5.74, 6) is -0.171. The van der Waals surface area contributed by atoms with Crippen LogP contribution in [0, 0.1) is 5.92 Å². The zero-order valence-electron chi connectivity index (χ0n) is 16.2. The summed E-state index contributed by atoms with van der Waals surface area (Å²) in [5.41, 5.74) is 0.846. The van der Waals surface area contributed by atoms with Gasteiger partial charge in [-0.3, -0.25) is 4.79 Å². The highest BCUT2D eigenvalue weighted by molar-refractivity contribution is 9.10. The lowest BCUT2D eigenvalue weighted by Crippen LogP contribution is -2.50. The van der Waals surface area contributed by atoms with Crippen LogP contribution in [-0.2, 0) is 20.9 Å². The van der Waals surface area contributed by atoms with Crippen molar-refractivity contribution in [3.63, 3.8) is 0 Å². The molecule has 0 heterocycles. The number of carbonyl (C=O) groups excluding carboxylic acids is 3. The molecule has 27 heavy (non-hydrogen) atoms. The molecule has 1 aromatic carbocycles. The molecule has 0 aliphatic carbocycles. The molecule has 150 valence electrons. The number of halogens is 1. The summed E-state index contributed by atoms with van der Waals surface area (Å²) in [6.45, 7) is 6.06.